The molecule has 2 rings (SSSR count). The van der Waals surface area contributed by atoms with Crippen molar-refractivity contribution in [3.63, 3.8) is 0 Å². The number of rotatable bonds is 2. The van der Waals surface area contributed by atoms with Crippen molar-refractivity contribution in [2.24, 2.45) is 0 Å². The number of carbonyl (C=O) groups excluding carboxylic acids is 1. The van der Waals surface area contributed by atoms with Crippen LogP contribution in [-0.2, 0) is 0 Å². The summed E-state index contributed by atoms with van der Waals surface area (Å²) in [4.78, 5) is 12.0. The SMILES string of the molecule is Cc1cc(Br)c(NC(=O)c2cnoc2C)cc1N. The molecule has 6 heteroatoms. The van der Waals surface area contributed by atoms with Gasteiger partial charge < -0.3 is 15.6 Å². The Kier molecular flexibility index (Phi) is 3.38. The highest BCUT2D eigenvalue weighted by Gasteiger charge is 2.14. The third-order valence-corrected chi connectivity index (χ3v) is 3.26. The summed E-state index contributed by atoms with van der Waals surface area (Å²) < 4.78 is 5.62. The van der Waals surface area contributed by atoms with Crippen molar-refractivity contribution in [2.45, 2.75) is 13.8 Å². The van der Waals surface area contributed by atoms with Gasteiger partial charge in [0.15, 0.2) is 0 Å². The molecule has 94 valence electrons. The number of nitrogen functional groups attached to an aromatic ring is 1. The van der Waals surface area contributed by atoms with E-state index in [1.165, 1.54) is 6.20 Å². The predicted octanol–water partition coefficient (Wildman–Crippen LogP) is 2.89. The molecule has 5 nitrogen and oxygen atoms in total. The fraction of sp³-hybridized carbons (Fsp3) is 0.167. The number of carbonyl (C=O) groups is 1. The minimum Gasteiger partial charge on any atom is -0.398 e. The molecule has 0 saturated heterocycles. The van der Waals surface area contributed by atoms with Crippen molar-refractivity contribution < 1.29 is 9.32 Å². The summed E-state index contributed by atoms with van der Waals surface area (Å²) in [5.74, 6) is 0.196. The van der Waals surface area contributed by atoms with Gasteiger partial charge >= 0.3 is 0 Å². The van der Waals surface area contributed by atoms with Gasteiger partial charge in [0.05, 0.1) is 11.9 Å². The van der Waals surface area contributed by atoms with E-state index in [9.17, 15) is 4.79 Å². The van der Waals surface area contributed by atoms with Crippen molar-refractivity contribution in [1.82, 2.24) is 5.16 Å². The van der Waals surface area contributed by atoms with Crippen LogP contribution < -0.4 is 11.1 Å². The standard InChI is InChI=1S/C12H12BrN3O2/c1-6-3-9(13)11(4-10(6)14)16-12(17)8-5-15-18-7(8)2/h3-5H,14H2,1-2H3,(H,16,17). The minimum atomic E-state index is -0.280. The van der Waals surface area contributed by atoms with Crippen LogP contribution >= 0.6 is 15.9 Å². The molecule has 2 aromatic rings. The first-order valence-corrected chi connectivity index (χ1v) is 6.06. The van der Waals surface area contributed by atoms with E-state index in [1.807, 2.05) is 13.0 Å². The van der Waals surface area contributed by atoms with Gasteiger partial charge in [-0.25, -0.2) is 0 Å². The van der Waals surface area contributed by atoms with E-state index >= 15 is 0 Å². The van der Waals surface area contributed by atoms with Crippen LogP contribution in [0.3, 0.4) is 0 Å². The maximum Gasteiger partial charge on any atom is 0.260 e. The number of anilines is 2. The van der Waals surface area contributed by atoms with E-state index in [0.717, 1.165) is 10.0 Å². The molecule has 0 fully saturated rings. The van der Waals surface area contributed by atoms with Crippen LogP contribution in [0.25, 0.3) is 0 Å². The molecule has 1 aromatic heterocycles. The molecule has 18 heavy (non-hydrogen) atoms. The summed E-state index contributed by atoms with van der Waals surface area (Å²) in [6, 6.07) is 3.56. The van der Waals surface area contributed by atoms with E-state index in [-0.39, 0.29) is 5.91 Å². The van der Waals surface area contributed by atoms with Crippen molar-refractivity contribution in [2.75, 3.05) is 11.1 Å². The molecule has 0 radical (unpaired) electrons. The number of hydrogen-bond acceptors (Lipinski definition) is 4. The second kappa shape index (κ2) is 4.81. The average Bonchev–Trinajstić information content (AvgIpc) is 2.72. The molecule has 0 bridgehead atoms. The van der Waals surface area contributed by atoms with Crippen molar-refractivity contribution in [1.29, 1.82) is 0 Å². The molecule has 0 aliphatic heterocycles. The molecule has 0 aliphatic carbocycles. The van der Waals surface area contributed by atoms with Gasteiger partial charge in [0.25, 0.3) is 5.91 Å². The zero-order valence-electron chi connectivity index (χ0n) is 9.95. The number of amides is 1. The maximum absolute atomic E-state index is 12.0. The topological polar surface area (TPSA) is 81.2 Å². The second-order valence-electron chi connectivity index (χ2n) is 3.94. The number of nitrogens with two attached hydrogens (primary N) is 1. The van der Waals surface area contributed by atoms with Gasteiger partial charge in [-0.1, -0.05) is 5.16 Å². The fourth-order valence-electron chi connectivity index (χ4n) is 1.49. The first-order valence-electron chi connectivity index (χ1n) is 5.27. The normalized spacial score (nSPS) is 10.4. The lowest BCUT2D eigenvalue weighted by Gasteiger charge is -2.09. The Morgan fingerprint density at radius 2 is 2.17 bits per heavy atom. The predicted molar refractivity (Wildman–Crippen MR) is 72.5 cm³/mol. The highest BCUT2D eigenvalue weighted by molar-refractivity contribution is 9.10. The highest BCUT2D eigenvalue weighted by Crippen LogP contribution is 2.28. The van der Waals surface area contributed by atoms with Crippen molar-refractivity contribution in [3.05, 3.63) is 39.7 Å². The fourth-order valence-corrected chi connectivity index (χ4v) is 2.05. The van der Waals surface area contributed by atoms with E-state index in [0.29, 0.717) is 22.7 Å². The van der Waals surface area contributed by atoms with Crippen molar-refractivity contribution >= 4 is 33.2 Å². The number of aryl methyl sites for hydroxylation is 2. The van der Waals surface area contributed by atoms with Gasteiger partial charge in [-0.3, -0.25) is 4.79 Å². The Labute approximate surface area is 112 Å². The van der Waals surface area contributed by atoms with E-state index < -0.39 is 0 Å². The van der Waals surface area contributed by atoms with Crippen LogP contribution in [0.4, 0.5) is 11.4 Å². The van der Waals surface area contributed by atoms with Crippen LogP contribution in [0.2, 0.25) is 0 Å². The Bertz CT molecular complexity index is 607. The molecular weight excluding hydrogens is 298 g/mol. The molecule has 1 amide bonds. The van der Waals surface area contributed by atoms with Crippen LogP contribution in [0.15, 0.2) is 27.3 Å². The van der Waals surface area contributed by atoms with Gasteiger partial charge in [0, 0.05) is 10.2 Å². The third-order valence-electron chi connectivity index (χ3n) is 2.60. The lowest BCUT2D eigenvalue weighted by molar-refractivity contribution is 0.102. The monoisotopic (exact) mass is 309 g/mol. The lowest BCUT2D eigenvalue weighted by Crippen LogP contribution is -2.13. The summed E-state index contributed by atoms with van der Waals surface area (Å²) in [5.41, 5.74) is 8.40. The van der Waals surface area contributed by atoms with Gasteiger partial charge in [0.2, 0.25) is 0 Å². The summed E-state index contributed by atoms with van der Waals surface area (Å²) in [6.45, 7) is 3.58. The Balaban J connectivity index is 2.28. The number of halogens is 1. The summed E-state index contributed by atoms with van der Waals surface area (Å²) in [7, 11) is 0. The number of hydrogen-bond donors (Lipinski definition) is 2. The molecule has 0 unspecified atom stereocenters. The number of nitrogens with zero attached hydrogens (tertiary/aromatic N) is 1. The molecule has 0 saturated carbocycles. The lowest BCUT2D eigenvalue weighted by atomic mass is 10.2. The molecule has 0 aliphatic rings. The zero-order valence-corrected chi connectivity index (χ0v) is 11.5. The van der Waals surface area contributed by atoms with Gasteiger partial charge in [-0.05, 0) is 47.5 Å². The van der Waals surface area contributed by atoms with Crippen LogP contribution in [0.1, 0.15) is 21.7 Å². The van der Waals surface area contributed by atoms with E-state index in [2.05, 4.69) is 26.4 Å². The summed E-state index contributed by atoms with van der Waals surface area (Å²) in [6.07, 6.45) is 1.39. The number of nitrogens with one attached hydrogen (secondary N) is 1. The number of aromatic nitrogens is 1. The summed E-state index contributed by atoms with van der Waals surface area (Å²) >= 11 is 3.38. The maximum atomic E-state index is 12.0. The van der Waals surface area contributed by atoms with Crippen LogP contribution in [0, 0.1) is 13.8 Å². The highest BCUT2D eigenvalue weighted by atomic mass is 79.9. The van der Waals surface area contributed by atoms with E-state index in [4.69, 9.17) is 10.3 Å². The minimum absolute atomic E-state index is 0.280. The van der Waals surface area contributed by atoms with Crippen LogP contribution in [0.5, 0.6) is 0 Å². The second-order valence-corrected chi connectivity index (χ2v) is 4.79. The Morgan fingerprint density at radius 3 is 2.78 bits per heavy atom. The smallest absolute Gasteiger partial charge is 0.260 e. The summed E-state index contributed by atoms with van der Waals surface area (Å²) in [5, 5.41) is 6.32. The molecule has 1 heterocycles. The molecular formula is C12H12BrN3O2. The molecule has 3 N–H and O–H groups in total. The van der Waals surface area contributed by atoms with E-state index in [1.54, 1.807) is 13.0 Å². The molecule has 0 spiro atoms. The third kappa shape index (κ3) is 2.38. The number of benzene rings is 1. The first kappa shape index (κ1) is 12.6. The van der Waals surface area contributed by atoms with Crippen LogP contribution in [-0.4, -0.2) is 11.1 Å². The molecule has 0 atom stereocenters. The zero-order chi connectivity index (χ0) is 13.3. The van der Waals surface area contributed by atoms with Gasteiger partial charge in [-0.2, -0.15) is 0 Å². The largest absolute Gasteiger partial charge is 0.398 e. The first-order chi connectivity index (χ1) is 8.49. The average molecular weight is 310 g/mol. The Morgan fingerprint density at radius 1 is 1.44 bits per heavy atom. The quantitative estimate of drug-likeness (QED) is 0.836. The van der Waals surface area contributed by atoms with Gasteiger partial charge in [0.1, 0.15) is 11.3 Å². The molecule has 1 aromatic carbocycles. The Hall–Kier alpha value is -1.82. The van der Waals surface area contributed by atoms with Gasteiger partial charge in [-0.15, -0.1) is 0 Å². The van der Waals surface area contributed by atoms with Crippen molar-refractivity contribution in [3.8, 4) is 0 Å².